The van der Waals surface area contributed by atoms with Crippen molar-refractivity contribution in [1.82, 2.24) is 4.31 Å². The molecule has 1 aromatic rings. The molecular weight excluding hydrogens is 375 g/mol. The van der Waals surface area contributed by atoms with E-state index >= 15 is 0 Å². The summed E-state index contributed by atoms with van der Waals surface area (Å²) in [4.78, 5) is -0.147. The van der Waals surface area contributed by atoms with E-state index in [0.717, 1.165) is 4.31 Å². The average molecular weight is 386 g/mol. The van der Waals surface area contributed by atoms with Crippen molar-refractivity contribution in [2.45, 2.75) is 11.8 Å². The van der Waals surface area contributed by atoms with Gasteiger partial charge in [-0.1, -0.05) is 39.1 Å². The molecule has 1 atom stereocenters. The minimum absolute atomic E-state index is 0.0378. The minimum atomic E-state index is -3.82. The molecule has 104 valence electrons. The zero-order chi connectivity index (χ0) is 14.8. The number of hydrogen-bond donors (Lipinski definition) is 0. The fourth-order valence-corrected chi connectivity index (χ4v) is 4.59. The second-order valence-corrected chi connectivity index (χ2v) is 7.73. The van der Waals surface area contributed by atoms with Crippen molar-refractivity contribution in [3.63, 3.8) is 0 Å². The third-order valence-electron chi connectivity index (χ3n) is 2.38. The van der Waals surface area contributed by atoms with Crippen LogP contribution in [0.15, 0.2) is 21.5 Å². The molecule has 1 rings (SSSR count). The van der Waals surface area contributed by atoms with Crippen molar-refractivity contribution >= 4 is 49.2 Å². The molecule has 0 bridgehead atoms. The predicted molar refractivity (Wildman–Crippen MR) is 78.8 cm³/mol. The maximum Gasteiger partial charge on any atom is 0.245 e. The van der Waals surface area contributed by atoms with Gasteiger partial charge in [0, 0.05) is 18.1 Å². The monoisotopic (exact) mass is 384 g/mol. The van der Waals surface area contributed by atoms with Gasteiger partial charge in [-0.2, -0.15) is 9.57 Å². The zero-order valence-electron chi connectivity index (χ0n) is 10.2. The van der Waals surface area contributed by atoms with Crippen LogP contribution in [0.3, 0.4) is 0 Å². The Morgan fingerprint density at radius 2 is 1.89 bits per heavy atom. The Labute approximate surface area is 131 Å². The smallest absolute Gasteiger partial charge is 0.207 e. The molecular formula is C11H11BrCl2N2O2S. The van der Waals surface area contributed by atoms with E-state index in [9.17, 15) is 8.42 Å². The first kappa shape index (κ1) is 16.7. The second-order valence-electron chi connectivity index (χ2n) is 4.01. The summed E-state index contributed by atoms with van der Waals surface area (Å²) in [5, 5.41) is 8.81. The van der Waals surface area contributed by atoms with Crippen LogP contribution >= 0.6 is 39.1 Å². The molecule has 0 radical (unpaired) electrons. The molecule has 0 saturated heterocycles. The van der Waals surface area contributed by atoms with Crippen molar-refractivity contribution in [2.24, 2.45) is 5.92 Å². The highest BCUT2D eigenvalue weighted by Gasteiger charge is 2.27. The van der Waals surface area contributed by atoms with Crippen molar-refractivity contribution < 1.29 is 8.42 Å². The maximum absolute atomic E-state index is 12.4. The van der Waals surface area contributed by atoms with Gasteiger partial charge >= 0.3 is 0 Å². The number of hydrogen-bond acceptors (Lipinski definition) is 3. The fraction of sp³-hybridized carbons (Fsp3) is 0.364. The summed E-state index contributed by atoms with van der Waals surface area (Å²) < 4.78 is 26.4. The second kappa shape index (κ2) is 6.42. The molecule has 4 nitrogen and oxygen atoms in total. The van der Waals surface area contributed by atoms with Gasteiger partial charge in [0.15, 0.2) is 0 Å². The molecule has 0 heterocycles. The van der Waals surface area contributed by atoms with E-state index in [1.807, 2.05) is 6.07 Å². The third-order valence-corrected chi connectivity index (χ3v) is 5.59. The molecule has 0 unspecified atom stereocenters. The van der Waals surface area contributed by atoms with Gasteiger partial charge in [-0.3, -0.25) is 0 Å². The van der Waals surface area contributed by atoms with Gasteiger partial charge in [0.25, 0.3) is 0 Å². The first-order valence-electron chi connectivity index (χ1n) is 5.20. The minimum Gasteiger partial charge on any atom is -0.207 e. The highest BCUT2D eigenvalue weighted by Crippen LogP contribution is 2.34. The first-order valence-corrected chi connectivity index (χ1v) is 8.19. The molecule has 0 spiro atoms. The normalized spacial score (nSPS) is 13.3. The van der Waals surface area contributed by atoms with Crippen LogP contribution in [0.5, 0.6) is 0 Å². The molecule has 0 amide bonds. The highest BCUT2D eigenvalue weighted by atomic mass is 79.9. The Hall–Kier alpha value is -0.320. The Morgan fingerprint density at radius 3 is 2.32 bits per heavy atom. The first-order chi connectivity index (χ1) is 8.70. The number of sulfonamides is 1. The van der Waals surface area contributed by atoms with Gasteiger partial charge < -0.3 is 0 Å². The van der Waals surface area contributed by atoms with Crippen LogP contribution in [0.4, 0.5) is 0 Å². The summed E-state index contributed by atoms with van der Waals surface area (Å²) in [7, 11) is -2.44. The number of nitrogens with zero attached hydrogens (tertiary/aromatic N) is 2. The van der Waals surface area contributed by atoms with Crippen molar-refractivity contribution in [2.75, 3.05) is 13.6 Å². The summed E-state index contributed by atoms with van der Waals surface area (Å²) in [6.45, 7) is 1.71. The van der Waals surface area contributed by atoms with Crippen molar-refractivity contribution in [1.29, 1.82) is 5.26 Å². The van der Waals surface area contributed by atoms with Gasteiger partial charge in [-0.25, -0.2) is 8.42 Å². The highest BCUT2D eigenvalue weighted by molar-refractivity contribution is 9.10. The van der Waals surface area contributed by atoms with Gasteiger partial charge in [-0.05, 0) is 19.1 Å². The van der Waals surface area contributed by atoms with Crippen LogP contribution < -0.4 is 0 Å². The maximum atomic E-state index is 12.4. The Balaban J connectivity index is 3.25. The molecule has 8 heteroatoms. The molecule has 19 heavy (non-hydrogen) atoms. The number of rotatable bonds is 4. The summed E-state index contributed by atoms with van der Waals surface area (Å²) in [5.41, 5.74) is 0. The van der Waals surface area contributed by atoms with Crippen molar-refractivity contribution in [3.8, 4) is 6.07 Å². The lowest BCUT2D eigenvalue weighted by atomic mass is 10.2. The quantitative estimate of drug-likeness (QED) is 0.796. The molecule has 0 fully saturated rings. The lowest BCUT2D eigenvalue weighted by Gasteiger charge is -2.19. The van der Waals surface area contributed by atoms with E-state index in [0.29, 0.717) is 4.47 Å². The van der Waals surface area contributed by atoms with E-state index in [4.69, 9.17) is 28.5 Å². The predicted octanol–water partition coefficient (Wildman–Crippen LogP) is 3.54. The largest absolute Gasteiger partial charge is 0.245 e. The van der Waals surface area contributed by atoms with Gasteiger partial charge in [0.05, 0.1) is 22.0 Å². The Bertz CT molecular complexity index is 605. The fourth-order valence-electron chi connectivity index (χ4n) is 1.46. The average Bonchev–Trinajstić information content (AvgIpc) is 2.26. The summed E-state index contributed by atoms with van der Waals surface area (Å²) >= 11 is 15.1. The topological polar surface area (TPSA) is 61.2 Å². The van der Waals surface area contributed by atoms with Crippen LogP contribution in [0.2, 0.25) is 10.0 Å². The number of halogens is 3. The van der Waals surface area contributed by atoms with E-state index in [2.05, 4.69) is 15.9 Å². The lowest BCUT2D eigenvalue weighted by molar-refractivity contribution is 0.439. The molecule has 0 aliphatic heterocycles. The molecule has 1 aromatic carbocycles. The van der Waals surface area contributed by atoms with Crippen LogP contribution in [-0.2, 0) is 10.0 Å². The third kappa shape index (κ3) is 3.83. The summed E-state index contributed by atoms with van der Waals surface area (Å²) in [6, 6.07) is 4.90. The Morgan fingerprint density at radius 1 is 1.42 bits per heavy atom. The molecule has 0 aliphatic rings. The number of benzene rings is 1. The van der Waals surface area contributed by atoms with Crippen molar-refractivity contribution in [3.05, 3.63) is 26.7 Å². The van der Waals surface area contributed by atoms with Gasteiger partial charge in [0.1, 0.15) is 4.90 Å². The van der Waals surface area contributed by atoms with Gasteiger partial charge in [-0.15, -0.1) is 0 Å². The van der Waals surface area contributed by atoms with Crippen LogP contribution in [-0.4, -0.2) is 26.3 Å². The SMILES string of the molecule is C[C@@H](C#N)CN(C)S(=O)(=O)c1c(Cl)cc(Br)cc1Cl. The van der Waals surface area contributed by atoms with E-state index in [1.165, 1.54) is 19.2 Å². The van der Waals surface area contributed by atoms with E-state index in [-0.39, 0.29) is 21.5 Å². The number of nitriles is 1. The van der Waals surface area contributed by atoms with E-state index in [1.54, 1.807) is 6.92 Å². The standard InChI is InChI=1S/C11H11BrCl2N2O2S/c1-7(5-15)6-16(2)19(17,18)11-9(13)3-8(12)4-10(11)14/h3-4,7H,6H2,1-2H3/t7-/m0/s1. The van der Waals surface area contributed by atoms with E-state index < -0.39 is 15.9 Å². The molecule has 0 aliphatic carbocycles. The molecule has 0 aromatic heterocycles. The van der Waals surface area contributed by atoms with Gasteiger partial charge in [0.2, 0.25) is 10.0 Å². The van der Waals surface area contributed by atoms with Crippen LogP contribution in [0.1, 0.15) is 6.92 Å². The van der Waals surface area contributed by atoms with Crippen LogP contribution in [0.25, 0.3) is 0 Å². The van der Waals surface area contributed by atoms with Crippen LogP contribution in [0, 0.1) is 17.2 Å². The lowest BCUT2D eigenvalue weighted by Crippen LogP contribution is -2.31. The molecule has 0 N–H and O–H groups in total. The Kier molecular flexibility index (Phi) is 5.65. The zero-order valence-corrected chi connectivity index (χ0v) is 14.1. The summed E-state index contributed by atoms with van der Waals surface area (Å²) in [5.74, 6) is -0.423. The summed E-state index contributed by atoms with van der Waals surface area (Å²) in [6.07, 6.45) is 0. The molecule has 0 saturated carbocycles.